The van der Waals surface area contributed by atoms with Crippen LogP contribution in [0, 0.1) is 6.92 Å². The maximum absolute atomic E-state index is 12.4. The third-order valence-corrected chi connectivity index (χ3v) is 2.52. The van der Waals surface area contributed by atoms with Crippen molar-refractivity contribution in [2.24, 2.45) is 0 Å². The van der Waals surface area contributed by atoms with Gasteiger partial charge in [0.2, 0.25) is 0 Å². The van der Waals surface area contributed by atoms with Gasteiger partial charge in [0.05, 0.1) is 0 Å². The average molecular weight is 304 g/mol. The molecule has 2 atom stereocenters. The van der Waals surface area contributed by atoms with Crippen molar-refractivity contribution in [2.75, 3.05) is 0 Å². The molecule has 0 aliphatic rings. The van der Waals surface area contributed by atoms with E-state index in [2.05, 4.69) is 0 Å². The monoisotopic (exact) mass is 304 g/mol. The van der Waals surface area contributed by atoms with Gasteiger partial charge in [0.15, 0.2) is 12.2 Å². The van der Waals surface area contributed by atoms with Crippen LogP contribution in [-0.2, 0) is 0 Å². The zero-order valence-electron chi connectivity index (χ0n) is 9.92. The SMILES string of the molecule is Cc1cc(C(O)C(F)(F)F)c(O)c(C(O)C(F)(F)F)c1. The third-order valence-electron chi connectivity index (χ3n) is 2.52. The van der Waals surface area contributed by atoms with Crippen LogP contribution in [0.1, 0.15) is 28.9 Å². The summed E-state index contributed by atoms with van der Waals surface area (Å²) in [5.74, 6) is -1.44. The van der Waals surface area contributed by atoms with E-state index in [1.807, 2.05) is 0 Å². The van der Waals surface area contributed by atoms with Gasteiger partial charge in [0.25, 0.3) is 0 Å². The van der Waals surface area contributed by atoms with Crippen LogP contribution in [0.4, 0.5) is 26.3 Å². The first-order chi connectivity index (χ1) is 8.85. The third kappa shape index (κ3) is 3.34. The second-order valence-electron chi connectivity index (χ2n) is 4.18. The molecule has 0 aliphatic carbocycles. The number of alkyl halides is 6. The van der Waals surface area contributed by atoms with Gasteiger partial charge in [-0.15, -0.1) is 0 Å². The number of benzene rings is 1. The summed E-state index contributed by atoms with van der Waals surface area (Å²) >= 11 is 0. The minimum absolute atomic E-state index is 0.0839. The Morgan fingerprint density at radius 1 is 0.850 bits per heavy atom. The van der Waals surface area contributed by atoms with E-state index in [1.165, 1.54) is 6.92 Å². The first-order valence-electron chi connectivity index (χ1n) is 5.18. The number of rotatable bonds is 2. The molecule has 0 saturated heterocycles. The van der Waals surface area contributed by atoms with Gasteiger partial charge in [0.1, 0.15) is 5.75 Å². The van der Waals surface area contributed by atoms with E-state index in [0.29, 0.717) is 12.1 Å². The van der Waals surface area contributed by atoms with Crippen LogP contribution in [-0.4, -0.2) is 27.7 Å². The molecule has 3 N–H and O–H groups in total. The lowest BCUT2D eigenvalue weighted by Gasteiger charge is -2.21. The summed E-state index contributed by atoms with van der Waals surface area (Å²) in [7, 11) is 0. The standard InChI is InChI=1S/C11H10F6O3/c1-4-2-5(8(19)10(12,13)14)7(18)6(3-4)9(20)11(15,16)17/h2-3,8-9,18-20H,1H3. The first-order valence-corrected chi connectivity index (χ1v) is 5.18. The lowest BCUT2D eigenvalue weighted by molar-refractivity contribution is -0.209. The Labute approximate surface area is 109 Å². The number of hydrogen-bond donors (Lipinski definition) is 3. The van der Waals surface area contributed by atoms with Crippen LogP contribution in [0.15, 0.2) is 12.1 Å². The molecule has 0 aromatic heterocycles. The number of aliphatic hydroxyl groups excluding tert-OH is 2. The van der Waals surface area contributed by atoms with Gasteiger partial charge in [-0.1, -0.05) is 5.56 Å². The molecule has 0 spiro atoms. The Morgan fingerprint density at radius 3 is 1.40 bits per heavy atom. The number of halogens is 6. The Morgan fingerprint density at radius 2 is 1.15 bits per heavy atom. The number of phenolic OH excluding ortho intramolecular Hbond substituents is 1. The Kier molecular flexibility index (Phi) is 4.25. The topological polar surface area (TPSA) is 60.7 Å². The van der Waals surface area contributed by atoms with Crippen LogP contribution in [0.5, 0.6) is 5.75 Å². The van der Waals surface area contributed by atoms with Crippen molar-refractivity contribution in [1.29, 1.82) is 0 Å². The molecule has 1 aromatic rings. The van der Waals surface area contributed by atoms with Gasteiger partial charge in [0, 0.05) is 11.1 Å². The number of phenols is 1. The Bertz CT molecular complexity index is 453. The van der Waals surface area contributed by atoms with Gasteiger partial charge in [-0.3, -0.25) is 0 Å². The fraction of sp³-hybridized carbons (Fsp3) is 0.455. The average Bonchev–Trinajstić information content (AvgIpc) is 2.27. The molecule has 3 nitrogen and oxygen atoms in total. The molecule has 0 amide bonds. The van der Waals surface area contributed by atoms with Crippen molar-refractivity contribution in [3.63, 3.8) is 0 Å². The Balaban J connectivity index is 3.41. The van der Waals surface area contributed by atoms with E-state index >= 15 is 0 Å². The minimum atomic E-state index is -5.16. The first kappa shape index (κ1) is 16.6. The maximum Gasteiger partial charge on any atom is 0.418 e. The summed E-state index contributed by atoms with van der Waals surface area (Å²) in [4.78, 5) is 0. The van der Waals surface area contributed by atoms with E-state index in [4.69, 9.17) is 10.2 Å². The van der Waals surface area contributed by atoms with Crippen LogP contribution >= 0.6 is 0 Å². The largest absolute Gasteiger partial charge is 0.507 e. The predicted molar refractivity (Wildman–Crippen MR) is 54.9 cm³/mol. The highest BCUT2D eigenvalue weighted by Crippen LogP contribution is 2.43. The number of aryl methyl sites for hydroxylation is 1. The molecule has 2 unspecified atom stereocenters. The van der Waals surface area contributed by atoms with E-state index in [0.717, 1.165) is 0 Å². The van der Waals surface area contributed by atoms with Crippen LogP contribution < -0.4 is 0 Å². The van der Waals surface area contributed by atoms with Crippen molar-refractivity contribution < 1.29 is 41.7 Å². The molecular weight excluding hydrogens is 294 g/mol. The molecule has 0 aliphatic heterocycles. The van der Waals surface area contributed by atoms with Gasteiger partial charge < -0.3 is 15.3 Å². The molecule has 114 valence electrons. The van der Waals surface area contributed by atoms with Crippen molar-refractivity contribution in [1.82, 2.24) is 0 Å². The summed E-state index contributed by atoms with van der Waals surface area (Å²) in [5, 5.41) is 27.5. The van der Waals surface area contributed by atoms with Crippen molar-refractivity contribution in [3.05, 3.63) is 28.8 Å². The Hall–Kier alpha value is -1.48. The second-order valence-corrected chi connectivity index (χ2v) is 4.18. The summed E-state index contributed by atoms with van der Waals surface area (Å²) < 4.78 is 74.2. The van der Waals surface area contributed by atoms with Crippen LogP contribution in [0.2, 0.25) is 0 Å². The highest BCUT2D eigenvalue weighted by atomic mass is 19.4. The van der Waals surface area contributed by atoms with Crippen LogP contribution in [0.3, 0.4) is 0 Å². The van der Waals surface area contributed by atoms with E-state index in [9.17, 15) is 31.4 Å². The zero-order chi connectivity index (χ0) is 15.9. The smallest absolute Gasteiger partial charge is 0.418 e. The van der Waals surface area contributed by atoms with Crippen molar-refractivity contribution >= 4 is 0 Å². The van der Waals surface area contributed by atoms with Gasteiger partial charge in [-0.05, 0) is 19.1 Å². The molecule has 0 bridgehead atoms. The summed E-state index contributed by atoms with van der Waals surface area (Å²) in [5.41, 5.74) is -2.37. The van der Waals surface area contributed by atoms with Gasteiger partial charge >= 0.3 is 12.4 Å². The van der Waals surface area contributed by atoms with Gasteiger partial charge in [-0.2, -0.15) is 26.3 Å². The number of aromatic hydroxyl groups is 1. The second kappa shape index (κ2) is 5.13. The molecule has 0 radical (unpaired) electrons. The van der Waals surface area contributed by atoms with Gasteiger partial charge in [-0.25, -0.2) is 0 Å². The molecule has 0 heterocycles. The highest BCUT2D eigenvalue weighted by Gasteiger charge is 2.44. The molecular formula is C11H10F6O3. The molecule has 1 aromatic carbocycles. The number of aliphatic hydroxyl groups is 2. The van der Waals surface area contributed by atoms with Crippen molar-refractivity contribution in [2.45, 2.75) is 31.5 Å². The van der Waals surface area contributed by atoms with E-state index < -0.39 is 41.4 Å². The molecule has 20 heavy (non-hydrogen) atoms. The maximum atomic E-state index is 12.4. The fourth-order valence-electron chi connectivity index (χ4n) is 1.61. The van der Waals surface area contributed by atoms with Crippen LogP contribution in [0.25, 0.3) is 0 Å². The quantitative estimate of drug-likeness (QED) is 0.736. The highest BCUT2D eigenvalue weighted by molar-refractivity contribution is 5.46. The molecule has 1 rings (SSSR count). The fourth-order valence-corrected chi connectivity index (χ4v) is 1.61. The van der Waals surface area contributed by atoms with Crippen molar-refractivity contribution in [3.8, 4) is 5.75 Å². The molecule has 0 saturated carbocycles. The lowest BCUT2D eigenvalue weighted by atomic mass is 9.97. The molecule has 9 heteroatoms. The van der Waals surface area contributed by atoms with E-state index in [-0.39, 0.29) is 5.56 Å². The zero-order valence-corrected chi connectivity index (χ0v) is 9.92. The predicted octanol–water partition coefficient (Wildman–Crippen LogP) is 2.89. The molecule has 0 fully saturated rings. The number of hydrogen-bond acceptors (Lipinski definition) is 3. The summed E-state index contributed by atoms with van der Waals surface area (Å²) in [6.07, 6.45) is -16.6. The normalized spacial score (nSPS) is 16.1. The van der Waals surface area contributed by atoms with E-state index in [1.54, 1.807) is 0 Å². The summed E-state index contributed by atoms with van der Waals surface area (Å²) in [6, 6.07) is 1.39. The lowest BCUT2D eigenvalue weighted by Crippen LogP contribution is -2.23. The minimum Gasteiger partial charge on any atom is -0.507 e. The summed E-state index contributed by atoms with van der Waals surface area (Å²) in [6.45, 7) is 1.17.